The highest BCUT2D eigenvalue weighted by molar-refractivity contribution is 5.93. The van der Waals surface area contributed by atoms with Gasteiger partial charge in [-0.25, -0.2) is 14.6 Å². The second kappa shape index (κ2) is 8.86. The maximum atomic E-state index is 12.5. The first-order valence-corrected chi connectivity index (χ1v) is 9.92. The van der Waals surface area contributed by atoms with Crippen LogP contribution in [0.15, 0.2) is 49.1 Å². The summed E-state index contributed by atoms with van der Waals surface area (Å²) in [5.41, 5.74) is 3.22. The molecule has 0 saturated carbocycles. The number of aromatic nitrogens is 5. The van der Waals surface area contributed by atoms with Crippen LogP contribution < -0.4 is 14.8 Å². The molecule has 0 radical (unpaired) electrons. The molecule has 1 aromatic carbocycles. The number of hydrogen-bond acceptors (Lipinski definition) is 6. The van der Waals surface area contributed by atoms with Crippen molar-refractivity contribution in [3.63, 3.8) is 0 Å². The summed E-state index contributed by atoms with van der Waals surface area (Å²) < 4.78 is 15.1. The lowest BCUT2D eigenvalue weighted by Crippen LogP contribution is -2.21. The maximum Gasteiger partial charge on any atom is 0.262 e. The normalized spacial score (nSPS) is 10.9. The molecule has 0 atom stereocenters. The number of pyridine rings is 1. The van der Waals surface area contributed by atoms with Gasteiger partial charge in [-0.05, 0) is 37.6 Å². The first kappa shape index (κ1) is 20.4. The van der Waals surface area contributed by atoms with E-state index in [4.69, 9.17) is 9.47 Å². The second-order valence-corrected chi connectivity index (χ2v) is 7.19. The van der Waals surface area contributed by atoms with E-state index in [-0.39, 0.29) is 12.5 Å². The van der Waals surface area contributed by atoms with Crippen molar-refractivity contribution in [1.29, 1.82) is 0 Å². The molecule has 1 N–H and O–H groups in total. The molecular formula is C22H24N6O3. The number of anilines is 1. The molecule has 0 saturated heterocycles. The van der Waals surface area contributed by atoms with Gasteiger partial charge in [-0.1, -0.05) is 12.1 Å². The minimum Gasteiger partial charge on any atom is -0.490 e. The van der Waals surface area contributed by atoms with Gasteiger partial charge in [0.25, 0.3) is 5.91 Å². The summed E-state index contributed by atoms with van der Waals surface area (Å²) in [6.07, 6.45) is 5.32. The fraction of sp³-hybridized carbons (Fsp3) is 0.273. The second-order valence-electron chi connectivity index (χ2n) is 7.19. The Morgan fingerprint density at radius 2 is 2.03 bits per heavy atom. The number of para-hydroxylation sites is 2. The topological polar surface area (TPSA) is 96.1 Å². The monoisotopic (exact) mass is 420 g/mol. The number of fused-ring (bicyclic) bond motifs is 1. The highest BCUT2D eigenvalue weighted by Gasteiger charge is 2.16. The van der Waals surface area contributed by atoms with Crippen molar-refractivity contribution in [2.24, 2.45) is 7.05 Å². The largest absolute Gasteiger partial charge is 0.490 e. The average molecular weight is 420 g/mol. The summed E-state index contributed by atoms with van der Waals surface area (Å²) in [5, 5.41) is 8.03. The maximum absolute atomic E-state index is 12.5. The van der Waals surface area contributed by atoms with Crippen LogP contribution in [-0.4, -0.2) is 43.4 Å². The van der Waals surface area contributed by atoms with Gasteiger partial charge in [-0.15, -0.1) is 5.10 Å². The third kappa shape index (κ3) is 4.66. The van der Waals surface area contributed by atoms with Crippen molar-refractivity contribution < 1.29 is 14.3 Å². The predicted octanol–water partition coefficient (Wildman–Crippen LogP) is 2.88. The Bertz CT molecular complexity index is 1200. The van der Waals surface area contributed by atoms with Crippen molar-refractivity contribution in [1.82, 2.24) is 24.3 Å². The van der Waals surface area contributed by atoms with Gasteiger partial charge < -0.3 is 19.4 Å². The fourth-order valence-corrected chi connectivity index (χ4v) is 3.35. The Morgan fingerprint density at radius 1 is 1.19 bits per heavy atom. The van der Waals surface area contributed by atoms with E-state index in [2.05, 4.69) is 20.4 Å². The molecule has 0 aliphatic heterocycles. The summed E-state index contributed by atoms with van der Waals surface area (Å²) in [5.74, 6) is 0.680. The lowest BCUT2D eigenvalue weighted by molar-refractivity contribution is -0.118. The Hall–Kier alpha value is -3.88. The number of rotatable bonds is 8. The molecular weight excluding hydrogens is 396 g/mol. The first-order valence-electron chi connectivity index (χ1n) is 9.92. The summed E-state index contributed by atoms with van der Waals surface area (Å²) in [6, 6.07) is 9.26. The molecule has 160 valence electrons. The van der Waals surface area contributed by atoms with Crippen LogP contribution in [-0.2, 0) is 18.4 Å². The van der Waals surface area contributed by atoms with Crippen LogP contribution >= 0.6 is 0 Å². The van der Waals surface area contributed by atoms with E-state index < -0.39 is 0 Å². The summed E-state index contributed by atoms with van der Waals surface area (Å²) >= 11 is 0. The fourth-order valence-electron chi connectivity index (χ4n) is 3.35. The standard InChI is InChI=1S/C22H24N6O3/c1-15-12-16(2)24-21-20(15)22(26-27(21)3)31-13-19(29)25-17-6-4-5-7-18(17)30-11-10-28-9-8-23-14-28/h4-9,12,14H,10-11,13H2,1-3H3,(H,25,29). The van der Waals surface area contributed by atoms with Crippen molar-refractivity contribution in [2.45, 2.75) is 20.4 Å². The zero-order chi connectivity index (χ0) is 21.8. The highest BCUT2D eigenvalue weighted by Crippen LogP contribution is 2.27. The minimum atomic E-state index is -0.304. The number of carbonyl (C=O) groups excluding carboxylic acids is 1. The highest BCUT2D eigenvalue weighted by atomic mass is 16.5. The Morgan fingerprint density at radius 3 is 2.84 bits per heavy atom. The van der Waals surface area contributed by atoms with Gasteiger partial charge in [-0.3, -0.25) is 4.79 Å². The Balaban J connectivity index is 1.39. The van der Waals surface area contributed by atoms with E-state index in [1.165, 1.54) is 0 Å². The third-order valence-corrected chi connectivity index (χ3v) is 4.75. The van der Waals surface area contributed by atoms with Crippen molar-refractivity contribution in [3.8, 4) is 11.6 Å². The van der Waals surface area contributed by atoms with Gasteiger partial charge in [-0.2, -0.15) is 0 Å². The zero-order valence-corrected chi connectivity index (χ0v) is 17.7. The summed E-state index contributed by atoms with van der Waals surface area (Å²) in [6.45, 7) is 4.84. The lowest BCUT2D eigenvalue weighted by atomic mass is 10.2. The Labute approximate surface area is 179 Å². The number of carbonyl (C=O) groups is 1. The minimum absolute atomic E-state index is 0.178. The van der Waals surface area contributed by atoms with Crippen LogP contribution in [0.2, 0.25) is 0 Å². The van der Waals surface area contributed by atoms with Crippen molar-refractivity contribution in [2.75, 3.05) is 18.5 Å². The van der Waals surface area contributed by atoms with E-state index in [1.807, 2.05) is 48.9 Å². The number of nitrogens with one attached hydrogen (secondary N) is 1. The molecule has 0 fully saturated rings. The molecule has 0 aliphatic rings. The molecule has 4 aromatic rings. The number of benzene rings is 1. The number of nitrogens with zero attached hydrogens (tertiary/aromatic N) is 5. The quantitative estimate of drug-likeness (QED) is 0.471. The Kier molecular flexibility index (Phi) is 5.83. The van der Waals surface area contributed by atoms with E-state index in [0.29, 0.717) is 30.5 Å². The van der Waals surface area contributed by atoms with Crippen LogP contribution in [0.4, 0.5) is 5.69 Å². The van der Waals surface area contributed by atoms with E-state index in [1.54, 1.807) is 30.3 Å². The van der Waals surface area contributed by atoms with Gasteiger partial charge in [0.05, 0.1) is 23.9 Å². The first-order chi connectivity index (χ1) is 15.0. The molecule has 0 unspecified atom stereocenters. The van der Waals surface area contributed by atoms with Crippen LogP contribution in [0.3, 0.4) is 0 Å². The average Bonchev–Trinajstić information content (AvgIpc) is 3.36. The van der Waals surface area contributed by atoms with Gasteiger partial charge >= 0.3 is 0 Å². The lowest BCUT2D eigenvalue weighted by Gasteiger charge is -2.13. The van der Waals surface area contributed by atoms with Crippen LogP contribution in [0.1, 0.15) is 11.3 Å². The zero-order valence-electron chi connectivity index (χ0n) is 17.7. The predicted molar refractivity (Wildman–Crippen MR) is 116 cm³/mol. The van der Waals surface area contributed by atoms with Crippen molar-refractivity contribution >= 4 is 22.6 Å². The van der Waals surface area contributed by atoms with Crippen molar-refractivity contribution in [3.05, 3.63) is 60.3 Å². The number of ether oxygens (including phenoxy) is 2. The van der Waals surface area contributed by atoms with Crippen LogP contribution in [0, 0.1) is 13.8 Å². The molecule has 3 heterocycles. The molecule has 1 amide bonds. The molecule has 4 rings (SSSR count). The van der Waals surface area contributed by atoms with Gasteiger partial charge in [0.1, 0.15) is 12.4 Å². The molecule has 0 spiro atoms. The number of aryl methyl sites for hydroxylation is 3. The SMILES string of the molecule is Cc1cc(C)c2c(OCC(=O)Nc3ccccc3OCCn3ccnc3)nn(C)c2n1. The van der Waals surface area contributed by atoms with Gasteiger partial charge in [0.2, 0.25) is 5.88 Å². The summed E-state index contributed by atoms with van der Waals surface area (Å²) in [7, 11) is 1.80. The molecule has 0 bridgehead atoms. The van der Waals surface area contributed by atoms with E-state index in [0.717, 1.165) is 22.3 Å². The van der Waals surface area contributed by atoms with E-state index in [9.17, 15) is 4.79 Å². The smallest absolute Gasteiger partial charge is 0.262 e. The van der Waals surface area contributed by atoms with Crippen LogP contribution in [0.5, 0.6) is 11.6 Å². The number of hydrogen-bond donors (Lipinski definition) is 1. The summed E-state index contributed by atoms with van der Waals surface area (Å²) in [4.78, 5) is 21.0. The number of amides is 1. The molecule has 31 heavy (non-hydrogen) atoms. The van der Waals surface area contributed by atoms with Crippen LogP contribution in [0.25, 0.3) is 11.0 Å². The van der Waals surface area contributed by atoms with Gasteiger partial charge in [0, 0.05) is 25.1 Å². The number of imidazole rings is 1. The molecule has 9 nitrogen and oxygen atoms in total. The molecule has 3 aromatic heterocycles. The molecule has 0 aliphatic carbocycles. The molecule has 9 heteroatoms. The van der Waals surface area contributed by atoms with Gasteiger partial charge in [0.15, 0.2) is 12.3 Å². The van der Waals surface area contributed by atoms with E-state index >= 15 is 0 Å². The third-order valence-electron chi connectivity index (χ3n) is 4.75.